The van der Waals surface area contributed by atoms with Gasteiger partial charge in [-0.15, -0.1) is 0 Å². The zero-order valence-electron chi connectivity index (χ0n) is 17.5. The molecule has 0 aromatic rings. The molecule has 0 saturated heterocycles. The molecule has 0 heterocycles. The van der Waals surface area contributed by atoms with E-state index in [0.29, 0.717) is 0 Å². The van der Waals surface area contributed by atoms with Crippen molar-refractivity contribution in [1.29, 1.82) is 0 Å². The zero-order chi connectivity index (χ0) is 17.7. The first kappa shape index (κ1) is 21.0. The molecule has 2 aliphatic carbocycles. The molecule has 3 unspecified atom stereocenters. The third-order valence-electron chi connectivity index (χ3n) is 7.05. The van der Waals surface area contributed by atoms with E-state index in [1.54, 1.807) is 0 Å². The van der Waals surface area contributed by atoms with Gasteiger partial charge in [0.05, 0.1) is 0 Å². The minimum atomic E-state index is 0.929. The van der Waals surface area contributed by atoms with E-state index in [2.05, 4.69) is 19.9 Å². The predicted molar refractivity (Wildman–Crippen MR) is 113 cm³/mol. The minimum absolute atomic E-state index is 0.929. The van der Waals surface area contributed by atoms with Gasteiger partial charge in [-0.1, -0.05) is 103 Å². The molecule has 2 aliphatic rings. The van der Waals surface area contributed by atoms with Gasteiger partial charge in [-0.3, -0.25) is 0 Å². The highest BCUT2D eigenvalue weighted by atomic mass is 14.2. The second-order valence-corrected chi connectivity index (χ2v) is 9.33. The lowest BCUT2D eigenvalue weighted by atomic mass is 9.84. The standard InChI is InChI=1S/C25H46/c1-3-4-15-23-16-7-5-6-8-18-24(21-12-17-23)25-19-10-9-13-22(2)14-11-20-25/h20,22-24H,3-19,21H2,1-2H3. The van der Waals surface area contributed by atoms with E-state index in [0.717, 1.165) is 17.8 Å². The average molecular weight is 347 g/mol. The number of hydrogen-bond acceptors (Lipinski definition) is 0. The van der Waals surface area contributed by atoms with E-state index in [1.807, 2.05) is 5.57 Å². The normalized spacial score (nSPS) is 31.1. The first-order chi connectivity index (χ1) is 12.3. The van der Waals surface area contributed by atoms with Crippen LogP contribution < -0.4 is 0 Å². The fourth-order valence-corrected chi connectivity index (χ4v) is 5.26. The van der Waals surface area contributed by atoms with Crippen LogP contribution in [-0.4, -0.2) is 0 Å². The van der Waals surface area contributed by atoms with Gasteiger partial charge in [0, 0.05) is 0 Å². The zero-order valence-corrected chi connectivity index (χ0v) is 17.5. The monoisotopic (exact) mass is 346 g/mol. The van der Waals surface area contributed by atoms with E-state index in [9.17, 15) is 0 Å². The SMILES string of the molecule is CCCCC1CCCCCCC(C2=CCCC(C)CCCC2)CCC1. The maximum atomic E-state index is 2.70. The molecule has 0 aliphatic heterocycles. The Bertz CT molecular complexity index is 353. The summed E-state index contributed by atoms with van der Waals surface area (Å²) in [6, 6.07) is 0. The molecule has 0 N–H and O–H groups in total. The second kappa shape index (κ2) is 13.0. The van der Waals surface area contributed by atoms with E-state index in [1.165, 1.54) is 116 Å². The Morgan fingerprint density at radius 3 is 2.36 bits per heavy atom. The third-order valence-corrected chi connectivity index (χ3v) is 7.05. The van der Waals surface area contributed by atoms with Gasteiger partial charge in [-0.25, -0.2) is 0 Å². The summed E-state index contributed by atoms with van der Waals surface area (Å²) in [6.07, 6.45) is 29.1. The lowest BCUT2D eigenvalue weighted by Crippen LogP contribution is -2.07. The van der Waals surface area contributed by atoms with Crippen molar-refractivity contribution in [2.24, 2.45) is 17.8 Å². The molecule has 2 rings (SSSR count). The molecule has 25 heavy (non-hydrogen) atoms. The Morgan fingerprint density at radius 1 is 0.800 bits per heavy atom. The highest BCUT2D eigenvalue weighted by Gasteiger charge is 2.18. The Morgan fingerprint density at radius 2 is 1.52 bits per heavy atom. The summed E-state index contributed by atoms with van der Waals surface area (Å²) in [4.78, 5) is 0. The molecule has 0 heteroatoms. The van der Waals surface area contributed by atoms with E-state index >= 15 is 0 Å². The molecule has 1 saturated carbocycles. The Balaban J connectivity index is 1.91. The maximum absolute atomic E-state index is 2.70. The molecule has 0 amide bonds. The summed E-state index contributed by atoms with van der Waals surface area (Å²) in [5.41, 5.74) is 1.87. The van der Waals surface area contributed by atoms with Crippen LogP contribution in [0.5, 0.6) is 0 Å². The summed E-state index contributed by atoms with van der Waals surface area (Å²) in [6.45, 7) is 4.81. The van der Waals surface area contributed by atoms with Crippen LogP contribution in [0.2, 0.25) is 0 Å². The smallest absolute Gasteiger partial charge is 0.0203 e. The molecular weight excluding hydrogens is 300 g/mol. The van der Waals surface area contributed by atoms with Crippen LogP contribution >= 0.6 is 0 Å². The van der Waals surface area contributed by atoms with Gasteiger partial charge in [0.1, 0.15) is 0 Å². The van der Waals surface area contributed by atoms with Crippen LogP contribution in [0.15, 0.2) is 11.6 Å². The molecule has 0 spiro atoms. The van der Waals surface area contributed by atoms with Crippen molar-refractivity contribution in [2.75, 3.05) is 0 Å². The van der Waals surface area contributed by atoms with Crippen molar-refractivity contribution in [2.45, 2.75) is 129 Å². The van der Waals surface area contributed by atoms with Gasteiger partial charge in [0.2, 0.25) is 0 Å². The van der Waals surface area contributed by atoms with Crippen molar-refractivity contribution < 1.29 is 0 Å². The summed E-state index contributed by atoms with van der Waals surface area (Å²) in [7, 11) is 0. The lowest BCUT2D eigenvalue weighted by Gasteiger charge is -2.22. The van der Waals surface area contributed by atoms with Crippen molar-refractivity contribution in [3.05, 3.63) is 11.6 Å². The summed E-state index contributed by atoms with van der Waals surface area (Å²) < 4.78 is 0. The van der Waals surface area contributed by atoms with Gasteiger partial charge in [-0.05, 0) is 56.3 Å². The number of unbranched alkanes of at least 4 members (excludes halogenated alkanes) is 1. The Hall–Kier alpha value is -0.260. The first-order valence-corrected chi connectivity index (χ1v) is 12.0. The largest absolute Gasteiger partial charge is 0.0850 e. The summed E-state index contributed by atoms with van der Waals surface area (Å²) >= 11 is 0. The molecule has 0 radical (unpaired) electrons. The maximum Gasteiger partial charge on any atom is -0.0203 e. The van der Waals surface area contributed by atoms with Gasteiger partial charge >= 0.3 is 0 Å². The van der Waals surface area contributed by atoms with Crippen LogP contribution in [0.3, 0.4) is 0 Å². The van der Waals surface area contributed by atoms with E-state index in [-0.39, 0.29) is 0 Å². The molecule has 0 bridgehead atoms. The third kappa shape index (κ3) is 8.78. The fraction of sp³-hybridized carbons (Fsp3) is 0.920. The fourth-order valence-electron chi connectivity index (χ4n) is 5.26. The lowest BCUT2D eigenvalue weighted by molar-refractivity contribution is 0.368. The second-order valence-electron chi connectivity index (χ2n) is 9.33. The van der Waals surface area contributed by atoms with Crippen LogP contribution in [-0.2, 0) is 0 Å². The van der Waals surface area contributed by atoms with Crippen LogP contribution in [0.1, 0.15) is 129 Å². The van der Waals surface area contributed by atoms with E-state index in [4.69, 9.17) is 0 Å². The number of hydrogen-bond donors (Lipinski definition) is 0. The molecule has 0 aromatic carbocycles. The van der Waals surface area contributed by atoms with Crippen LogP contribution in [0.25, 0.3) is 0 Å². The van der Waals surface area contributed by atoms with Crippen molar-refractivity contribution in [3.8, 4) is 0 Å². The quantitative estimate of drug-likeness (QED) is 0.446. The minimum Gasteiger partial charge on any atom is -0.0850 e. The highest BCUT2D eigenvalue weighted by Crippen LogP contribution is 2.33. The number of rotatable bonds is 4. The predicted octanol–water partition coefficient (Wildman–Crippen LogP) is 8.85. The molecule has 0 aromatic heterocycles. The first-order valence-electron chi connectivity index (χ1n) is 12.0. The average Bonchev–Trinajstić information content (AvgIpc) is 2.67. The van der Waals surface area contributed by atoms with Gasteiger partial charge in [-0.2, -0.15) is 0 Å². The highest BCUT2D eigenvalue weighted by molar-refractivity contribution is 5.07. The Labute approximate surface area is 159 Å². The Kier molecular flexibility index (Phi) is 10.9. The topological polar surface area (TPSA) is 0 Å². The number of allylic oxidation sites excluding steroid dienone is 2. The summed E-state index contributed by atoms with van der Waals surface area (Å²) in [5.74, 6) is 2.91. The van der Waals surface area contributed by atoms with Crippen LogP contribution in [0, 0.1) is 17.8 Å². The summed E-state index contributed by atoms with van der Waals surface area (Å²) in [5, 5.41) is 0. The van der Waals surface area contributed by atoms with Gasteiger partial charge in [0.15, 0.2) is 0 Å². The van der Waals surface area contributed by atoms with Crippen LogP contribution in [0.4, 0.5) is 0 Å². The van der Waals surface area contributed by atoms with Crippen molar-refractivity contribution >= 4 is 0 Å². The van der Waals surface area contributed by atoms with Gasteiger partial charge < -0.3 is 0 Å². The molecule has 1 fully saturated rings. The van der Waals surface area contributed by atoms with Crippen molar-refractivity contribution in [3.63, 3.8) is 0 Å². The molecule has 146 valence electrons. The molecule has 3 atom stereocenters. The van der Waals surface area contributed by atoms with Crippen molar-refractivity contribution in [1.82, 2.24) is 0 Å². The van der Waals surface area contributed by atoms with Gasteiger partial charge in [0.25, 0.3) is 0 Å². The van der Waals surface area contributed by atoms with E-state index < -0.39 is 0 Å². The molecular formula is C25H46. The molecule has 0 nitrogen and oxygen atoms in total.